The van der Waals surface area contributed by atoms with Gasteiger partial charge < -0.3 is 25.3 Å². The minimum absolute atomic E-state index is 0.0790. The number of fused-ring (bicyclic) bond motifs is 1. The van der Waals surface area contributed by atoms with Crippen LogP contribution in [0.4, 0.5) is 0 Å². The lowest BCUT2D eigenvalue weighted by Crippen LogP contribution is -2.49. The SMILES string of the molecule is CC(C)(O)C#Cc1ccccc1C(=O)N[C@H](Cc1c[nH]c2ccccc12)C(=O)[O-]. The molecular weight excluding hydrogens is 368 g/mol. The molecule has 0 aliphatic carbocycles. The first-order valence-electron chi connectivity index (χ1n) is 9.16. The van der Waals surface area contributed by atoms with Gasteiger partial charge in [-0.2, -0.15) is 0 Å². The maximum Gasteiger partial charge on any atom is 0.253 e. The van der Waals surface area contributed by atoms with Gasteiger partial charge in [-0.25, -0.2) is 0 Å². The molecule has 0 spiro atoms. The molecule has 0 saturated heterocycles. The Morgan fingerprint density at radius 3 is 2.59 bits per heavy atom. The van der Waals surface area contributed by atoms with Gasteiger partial charge in [0.2, 0.25) is 0 Å². The van der Waals surface area contributed by atoms with Crippen LogP contribution in [0.2, 0.25) is 0 Å². The second-order valence-corrected chi connectivity index (χ2v) is 7.26. The number of aromatic nitrogens is 1. The van der Waals surface area contributed by atoms with Crippen molar-refractivity contribution in [3.8, 4) is 11.8 Å². The van der Waals surface area contributed by atoms with Crippen LogP contribution in [0.25, 0.3) is 10.9 Å². The number of amides is 1. The van der Waals surface area contributed by atoms with E-state index in [0.29, 0.717) is 5.56 Å². The van der Waals surface area contributed by atoms with Gasteiger partial charge in [-0.05, 0) is 37.6 Å². The van der Waals surface area contributed by atoms with Gasteiger partial charge in [0.05, 0.1) is 17.6 Å². The zero-order valence-electron chi connectivity index (χ0n) is 16.2. The third-order valence-corrected chi connectivity index (χ3v) is 4.36. The number of benzene rings is 2. The largest absolute Gasteiger partial charge is 0.548 e. The Morgan fingerprint density at radius 2 is 1.86 bits per heavy atom. The van der Waals surface area contributed by atoms with Crippen molar-refractivity contribution in [3.05, 3.63) is 71.4 Å². The van der Waals surface area contributed by atoms with Gasteiger partial charge in [-0.3, -0.25) is 4.79 Å². The molecule has 3 aromatic rings. The number of para-hydroxylation sites is 1. The third-order valence-electron chi connectivity index (χ3n) is 4.36. The van der Waals surface area contributed by atoms with E-state index in [0.717, 1.165) is 16.5 Å². The molecule has 3 rings (SSSR count). The van der Waals surface area contributed by atoms with Crippen molar-refractivity contribution in [1.82, 2.24) is 10.3 Å². The Balaban J connectivity index is 1.84. The molecule has 0 fully saturated rings. The summed E-state index contributed by atoms with van der Waals surface area (Å²) in [6, 6.07) is 12.9. The number of H-pyrrole nitrogens is 1. The fraction of sp³-hybridized carbons (Fsp3) is 0.217. The molecule has 6 nitrogen and oxygen atoms in total. The van der Waals surface area contributed by atoms with Crippen LogP contribution in [0.15, 0.2) is 54.7 Å². The van der Waals surface area contributed by atoms with Crippen LogP contribution in [-0.2, 0) is 11.2 Å². The number of aromatic amines is 1. The van der Waals surface area contributed by atoms with E-state index in [1.54, 1.807) is 30.5 Å². The third kappa shape index (κ3) is 5.03. The number of hydrogen-bond acceptors (Lipinski definition) is 4. The molecule has 2 aromatic carbocycles. The highest BCUT2D eigenvalue weighted by Gasteiger charge is 2.19. The molecule has 0 radical (unpaired) electrons. The summed E-state index contributed by atoms with van der Waals surface area (Å²) in [6.07, 6.45) is 1.81. The van der Waals surface area contributed by atoms with Crippen LogP contribution >= 0.6 is 0 Å². The van der Waals surface area contributed by atoms with Crippen LogP contribution < -0.4 is 10.4 Å². The molecule has 0 unspecified atom stereocenters. The number of aliphatic carboxylic acids is 1. The summed E-state index contributed by atoms with van der Waals surface area (Å²) < 4.78 is 0. The molecule has 0 saturated carbocycles. The molecule has 1 aromatic heterocycles. The number of carboxylic acid groups (broad SMARTS) is 1. The highest BCUT2D eigenvalue weighted by atomic mass is 16.4. The maximum atomic E-state index is 12.8. The molecule has 0 bridgehead atoms. The first-order chi connectivity index (χ1) is 13.7. The van der Waals surface area contributed by atoms with E-state index < -0.39 is 23.5 Å². The van der Waals surface area contributed by atoms with Crippen molar-refractivity contribution in [2.75, 3.05) is 0 Å². The maximum absolute atomic E-state index is 12.8. The summed E-state index contributed by atoms with van der Waals surface area (Å²) in [7, 11) is 0. The fourth-order valence-electron chi connectivity index (χ4n) is 2.96. The topological polar surface area (TPSA) is 105 Å². The monoisotopic (exact) mass is 389 g/mol. The smallest absolute Gasteiger partial charge is 0.253 e. The zero-order valence-corrected chi connectivity index (χ0v) is 16.2. The summed E-state index contributed by atoms with van der Waals surface area (Å²) in [5.41, 5.74) is 1.07. The van der Waals surface area contributed by atoms with Crippen LogP contribution in [0.1, 0.15) is 35.3 Å². The number of hydrogen-bond donors (Lipinski definition) is 3. The number of carbonyl (C=O) groups is 2. The lowest BCUT2D eigenvalue weighted by atomic mass is 10.0. The molecule has 0 aliphatic heterocycles. The molecule has 29 heavy (non-hydrogen) atoms. The highest BCUT2D eigenvalue weighted by Crippen LogP contribution is 2.19. The van der Waals surface area contributed by atoms with Gasteiger partial charge in [-0.1, -0.05) is 42.2 Å². The predicted molar refractivity (Wildman–Crippen MR) is 108 cm³/mol. The minimum Gasteiger partial charge on any atom is -0.548 e. The number of carbonyl (C=O) groups excluding carboxylic acids is 2. The van der Waals surface area contributed by atoms with Crippen LogP contribution in [0.3, 0.4) is 0 Å². The number of carboxylic acids is 1. The average molecular weight is 389 g/mol. The molecule has 6 heteroatoms. The van der Waals surface area contributed by atoms with Gasteiger partial charge in [0.15, 0.2) is 0 Å². The molecule has 1 atom stereocenters. The molecule has 3 N–H and O–H groups in total. The van der Waals surface area contributed by atoms with Gasteiger partial charge in [0.25, 0.3) is 5.91 Å². The van der Waals surface area contributed by atoms with Crippen molar-refractivity contribution in [2.45, 2.75) is 31.9 Å². The Hall–Kier alpha value is -3.56. The van der Waals surface area contributed by atoms with Crippen molar-refractivity contribution in [1.29, 1.82) is 0 Å². The van der Waals surface area contributed by atoms with Crippen molar-refractivity contribution in [2.24, 2.45) is 0 Å². The van der Waals surface area contributed by atoms with Gasteiger partial charge in [-0.15, -0.1) is 0 Å². The van der Waals surface area contributed by atoms with E-state index in [2.05, 4.69) is 22.1 Å². The molecule has 148 valence electrons. The standard InChI is InChI=1S/C23H22N2O4/c1-23(2,29)12-11-15-7-3-4-9-18(15)21(26)25-20(22(27)28)13-16-14-24-19-10-6-5-8-17(16)19/h3-10,14,20,24,29H,13H2,1-2H3,(H,25,26)(H,27,28)/p-1/t20-/m1/s1. The fourth-order valence-corrected chi connectivity index (χ4v) is 2.96. The Morgan fingerprint density at radius 1 is 1.17 bits per heavy atom. The van der Waals surface area contributed by atoms with E-state index in [-0.39, 0.29) is 12.0 Å². The van der Waals surface area contributed by atoms with E-state index >= 15 is 0 Å². The summed E-state index contributed by atoms with van der Waals surface area (Å²) in [5.74, 6) is 3.49. The molecule has 1 amide bonds. The van der Waals surface area contributed by atoms with E-state index in [4.69, 9.17) is 0 Å². The number of nitrogens with one attached hydrogen (secondary N) is 2. The van der Waals surface area contributed by atoms with Gasteiger partial charge >= 0.3 is 0 Å². The van der Waals surface area contributed by atoms with E-state index in [9.17, 15) is 19.8 Å². The first kappa shape index (κ1) is 20.2. The molecule has 1 heterocycles. The van der Waals surface area contributed by atoms with Crippen LogP contribution in [0.5, 0.6) is 0 Å². The minimum atomic E-state index is -1.37. The lowest BCUT2D eigenvalue weighted by molar-refractivity contribution is -0.308. The summed E-state index contributed by atoms with van der Waals surface area (Å²) in [5, 5.41) is 24.9. The second kappa shape index (κ2) is 8.21. The second-order valence-electron chi connectivity index (χ2n) is 7.26. The Kier molecular flexibility index (Phi) is 5.71. The van der Waals surface area contributed by atoms with Gasteiger partial charge in [0, 0.05) is 29.1 Å². The quantitative estimate of drug-likeness (QED) is 0.573. The van der Waals surface area contributed by atoms with Crippen molar-refractivity contribution < 1.29 is 19.8 Å². The average Bonchev–Trinajstić information content (AvgIpc) is 3.08. The molecular formula is C23H21N2O4-. The van der Waals surface area contributed by atoms with E-state index in [1.807, 2.05) is 24.3 Å². The van der Waals surface area contributed by atoms with Crippen LogP contribution in [0, 0.1) is 11.8 Å². The summed E-state index contributed by atoms with van der Waals surface area (Å²) in [6.45, 7) is 3.08. The number of rotatable bonds is 5. The normalized spacial score (nSPS) is 12.1. The summed E-state index contributed by atoms with van der Waals surface area (Å²) in [4.78, 5) is 27.5. The van der Waals surface area contributed by atoms with Crippen molar-refractivity contribution >= 4 is 22.8 Å². The Labute approximate surface area is 168 Å². The first-order valence-corrected chi connectivity index (χ1v) is 9.16. The lowest BCUT2D eigenvalue weighted by Gasteiger charge is -2.20. The number of aliphatic hydroxyl groups is 1. The molecule has 0 aliphatic rings. The zero-order chi connectivity index (χ0) is 21.0. The Bertz CT molecular complexity index is 1110. The summed E-state index contributed by atoms with van der Waals surface area (Å²) >= 11 is 0. The van der Waals surface area contributed by atoms with Crippen LogP contribution in [-0.4, -0.2) is 33.6 Å². The van der Waals surface area contributed by atoms with Gasteiger partial charge in [0.1, 0.15) is 5.60 Å². The predicted octanol–water partition coefficient (Wildman–Crippen LogP) is 1.38. The van der Waals surface area contributed by atoms with E-state index in [1.165, 1.54) is 13.8 Å². The van der Waals surface area contributed by atoms with Crippen molar-refractivity contribution in [3.63, 3.8) is 0 Å². The highest BCUT2D eigenvalue weighted by molar-refractivity contribution is 5.98.